The molecule has 1 aliphatic rings. The van der Waals surface area contributed by atoms with Crippen molar-refractivity contribution < 1.29 is 18.0 Å². The van der Waals surface area contributed by atoms with Crippen LogP contribution in [-0.2, 0) is 12.7 Å². The van der Waals surface area contributed by atoms with Gasteiger partial charge in [-0.2, -0.15) is 23.0 Å². The van der Waals surface area contributed by atoms with Crippen LogP contribution >= 0.6 is 0 Å². The predicted molar refractivity (Wildman–Crippen MR) is 119 cm³/mol. The van der Waals surface area contributed by atoms with Crippen LogP contribution in [0.1, 0.15) is 45.6 Å². The van der Waals surface area contributed by atoms with E-state index in [1.807, 2.05) is 13.8 Å². The summed E-state index contributed by atoms with van der Waals surface area (Å²) in [7, 11) is 0. The van der Waals surface area contributed by atoms with Gasteiger partial charge < -0.3 is 5.32 Å². The molecule has 1 aliphatic carbocycles. The van der Waals surface area contributed by atoms with E-state index in [0.717, 1.165) is 45.4 Å². The van der Waals surface area contributed by atoms with E-state index in [0.29, 0.717) is 23.7 Å². The number of aromatic nitrogens is 3. The molecular formula is C24H23F3N4O3. The lowest BCUT2D eigenvalue weighted by molar-refractivity contribution is -0.137. The van der Waals surface area contributed by atoms with E-state index >= 15 is 0 Å². The van der Waals surface area contributed by atoms with E-state index in [1.165, 1.54) is 12.1 Å². The zero-order valence-electron chi connectivity index (χ0n) is 18.6. The molecule has 1 amide bonds. The highest BCUT2D eigenvalue weighted by Gasteiger charge is 2.30. The number of nitrogens with zero attached hydrogens (tertiary/aromatic N) is 3. The highest BCUT2D eigenvalue weighted by atomic mass is 19.4. The van der Waals surface area contributed by atoms with Crippen molar-refractivity contribution in [2.45, 2.75) is 39.4 Å². The maximum atomic E-state index is 13.2. The Kier molecular flexibility index (Phi) is 6.16. The molecule has 1 aromatic heterocycles. The molecule has 10 heteroatoms. The van der Waals surface area contributed by atoms with Gasteiger partial charge in [0.05, 0.1) is 17.8 Å². The first-order valence-electron chi connectivity index (χ1n) is 10.8. The number of rotatable bonds is 6. The molecule has 0 atom stereocenters. The first kappa shape index (κ1) is 23.5. The number of alkyl halides is 3. The van der Waals surface area contributed by atoms with Gasteiger partial charge in [0.25, 0.3) is 11.5 Å². The molecule has 34 heavy (non-hydrogen) atoms. The zero-order chi connectivity index (χ0) is 24.6. The third kappa shape index (κ3) is 4.95. The lowest BCUT2D eigenvalue weighted by atomic mass is 10.1. The Morgan fingerprint density at radius 2 is 1.74 bits per heavy atom. The topological polar surface area (TPSA) is 86.0 Å². The first-order chi connectivity index (χ1) is 16.0. The average Bonchev–Trinajstić information content (AvgIpc) is 3.61. The smallest absolute Gasteiger partial charge is 0.350 e. The van der Waals surface area contributed by atoms with Crippen LogP contribution in [0.4, 0.5) is 13.2 Å². The summed E-state index contributed by atoms with van der Waals surface area (Å²) in [5, 5.41) is 6.75. The number of hydrogen-bond donors (Lipinski definition) is 1. The van der Waals surface area contributed by atoms with Crippen LogP contribution in [0.2, 0.25) is 0 Å². The van der Waals surface area contributed by atoms with Gasteiger partial charge in [-0.05, 0) is 73.6 Å². The van der Waals surface area contributed by atoms with Crippen molar-refractivity contribution in [3.8, 4) is 5.69 Å². The van der Waals surface area contributed by atoms with Gasteiger partial charge in [0.2, 0.25) is 5.69 Å². The van der Waals surface area contributed by atoms with Gasteiger partial charge in [-0.1, -0.05) is 18.2 Å². The maximum absolute atomic E-state index is 13.2. The largest absolute Gasteiger partial charge is 0.416 e. The van der Waals surface area contributed by atoms with Crippen LogP contribution in [0.5, 0.6) is 0 Å². The summed E-state index contributed by atoms with van der Waals surface area (Å²) in [4.78, 5) is 39.0. The van der Waals surface area contributed by atoms with Crippen LogP contribution in [0, 0.1) is 19.8 Å². The number of nitrogens with one attached hydrogen (secondary N) is 1. The van der Waals surface area contributed by atoms with Gasteiger partial charge in [-0.3, -0.25) is 14.2 Å². The molecule has 1 heterocycles. The Hall–Kier alpha value is -3.69. The Labute approximate surface area is 192 Å². The van der Waals surface area contributed by atoms with Gasteiger partial charge >= 0.3 is 11.9 Å². The molecule has 0 spiro atoms. The maximum Gasteiger partial charge on any atom is 0.416 e. The van der Waals surface area contributed by atoms with Crippen molar-refractivity contribution >= 4 is 5.91 Å². The molecule has 3 aromatic rings. The minimum atomic E-state index is -4.51. The Balaban J connectivity index is 1.79. The second-order valence-corrected chi connectivity index (χ2v) is 8.55. The molecule has 4 rings (SSSR count). The molecule has 2 aromatic carbocycles. The second-order valence-electron chi connectivity index (χ2n) is 8.55. The van der Waals surface area contributed by atoms with Crippen molar-refractivity contribution in [3.63, 3.8) is 0 Å². The molecule has 1 N–H and O–H groups in total. The molecule has 7 nitrogen and oxygen atoms in total. The van der Waals surface area contributed by atoms with Crippen LogP contribution in [0.15, 0.2) is 52.1 Å². The molecule has 0 aliphatic heterocycles. The molecule has 1 fully saturated rings. The SMILES string of the molecule is Cc1ccc(-n2nc(C(=O)NCC3CC3)c(=O)n(Cc3ccc(C(F)(F)F)cc3)c2=O)cc1C. The quantitative estimate of drug-likeness (QED) is 0.597. The molecule has 0 radical (unpaired) electrons. The highest BCUT2D eigenvalue weighted by Crippen LogP contribution is 2.29. The third-order valence-electron chi connectivity index (χ3n) is 5.88. The van der Waals surface area contributed by atoms with Crippen LogP contribution in [-0.4, -0.2) is 26.8 Å². The van der Waals surface area contributed by atoms with Gasteiger partial charge in [-0.25, -0.2) is 4.79 Å². The number of halogens is 3. The zero-order valence-corrected chi connectivity index (χ0v) is 18.6. The summed E-state index contributed by atoms with van der Waals surface area (Å²) in [5.41, 5.74) is -0.467. The van der Waals surface area contributed by atoms with Gasteiger partial charge in [0.1, 0.15) is 0 Å². The lowest BCUT2D eigenvalue weighted by Gasteiger charge is -2.14. The third-order valence-corrected chi connectivity index (χ3v) is 5.88. The van der Waals surface area contributed by atoms with E-state index in [9.17, 15) is 27.6 Å². The van der Waals surface area contributed by atoms with Crippen molar-refractivity contribution in [1.29, 1.82) is 0 Å². The fourth-order valence-electron chi connectivity index (χ4n) is 3.45. The number of amides is 1. The molecule has 178 valence electrons. The predicted octanol–water partition coefficient (Wildman–Crippen LogP) is 3.22. The fraction of sp³-hybridized carbons (Fsp3) is 0.333. The van der Waals surface area contributed by atoms with Gasteiger partial charge in [0, 0.05) is 6.54 Å². The standard InChI is InChI=1S/C24H23F3N4O3/c1-14-3-10-19(11-15(14)2)31-23(34)30(13-17-6-8-18(9-7-17)24(25,26)27)22(33)20(29-31)21(32)28-12-16-4-5-16/h3,6-11,16H,4-5,12-13H2,1-2H3,(H,28,32). The summed E-state index contributed by atoms with van der Waals surface area (Å²) >= 11 is 0. The minimum Gasteiger partial charge on any atom is -0.350 e. The van der Waals surface area contributed by atoms with Crippen LogP contribution in [0.3, 0.4) is 0 Å². The Morgan fingerprint density at radius 1 is 1.06 bits per heavy atom. The van der Waals surface area contributed by atoms with Crippen molar-refractivity contribution in [2.75, 3.05) is 6.54 Å². The normalized spacial score (nSPS) is 13.7. The average molecular weight is 472 g/mol. The van der Waals surface area contributed by atoms with Crippen LogP contribution in [0.25, 0.3) is 5.69 Å². The molecule has 0 unspecified atom stereocenters. The van der Waals surface area contributed by atoms with Crippen molar-refractivity contribution in [2.24, 2.45) is 5.92 Å². The van der Waals surface area contributed by atoms with Crippen molar-refractivity contribution in [1.82, 2.24) is 19.7 Å². The second kappa shape index (κ2) is 8.92. The van der Waals surface area contributed by atoms with E-state index < -0.39 is 34.6 Å². The summed E-state index contributed by atoms with van der Waals surface area (Å²) in [6.45, 7) is 3.84. The highest BCUT2D eigenvalue weighted by molar-refractivity contribution is 5.91. The molecule has 0 bridgehead atoms. The van der Waals surface area contributed by atoms with Crippen molar-refractivity contribution in [3.05, 3.63) is 91.3 Å². The molecule has 0 saturated heterocycles. The number of hydrogen-bond acceptors (Lipinski definition) is 4. The van der Waals surface area contributed by atoms with E-state index in [-0.39, 0.29) is 6.54 Å². The Bertz CT molecular complexity index is 1350. The van der Waals surface area contributed by atoms with E-state index in [4.69, 9.17) is 0 Å². The van der Waals surface area contributed by atoms with E-state index in [1.54, 1.807) is 18.2 Å². The first-order valence-corrected chi connectivity index (χ1v) is 10.8. The van der Waals surface area contributed by atoms with E-state index in [2.05, 4.69) is 10.4 Å². The summed E-state index contributed by atoms with van der Waals surface area (Å²) in [6, 6.07) is 9.30. The monoisotopic (exact) mass is 472 g/mol. The number of benzene rings is 2. The molecule has 1 saturated carbocycles. The number of carbonyl (C=O) groups excluding carboxylic acids is 1. The fourth-order valence-corrected chi connectivity index (χ4v) is 3.45. The van der Waals surface area contributed by atoms with Gasteiger partial charge in [-0.15, -0.1) is 0 Å². The summed E-state index contributed by atoms with van der Waals surface area (Å²) in [5.74, 6) is -0.334. The number of aryl methyl sites for hydroxylation is 2. The summed E-state index contributed by atoms with van der Waals surface area (Å²) in [6.07, 6.45) is -2.52. The summed E-state index contributed by atoms with van der Waals surface area (Å²) < 4.78 is 40.5. The molecular weight excluding hydrogens is 449 g/mol. The van der Waals surface area contributed by atoms with Crippen LogP contribution < -0.4 is 16.6 Å². The Morgan fingerprint density at radius 3 is 2.32 bits per heavy atom. The minimum absolute atomic E-state index is 0.300. The van der Waals surface area contributed by atoms with Gasteiger partial charge in [0.15, 0.2) is 0 Å². The number of carbonyl (C=O) groups is 1. The lowest BCUT2D eigenvalue weighted by Crippen LogP contribution is -2.46.